The van der Waals surface area contributed by atoms with E-state index in [1.54, 1.807) is 12.4 Å². The smallest absolute Gasteiger partial charge is 0.176 e. The number of fused-ring (bicyclic) bond motifs is 1. The van der Waals surface area contributed by atoms with E-state index in [2.05, 4.69) is 33.8 Å². The molecule has 17 heavy (non-hydrogen) atoms. The maximum atomic E-state index is 4.57. The van der Waals surface area contributed by atoms with Gasteiger partial charge >= 0.3 is 0 Å². The highest BCUT2D eigenvalue weighted by Gasteiger charge is 2.33. The Labute approximate surface area is 100 Å². The Morgan fingerprint density at radius 1 is 1.24 bits per heavy atom. The second-order valence-electron chi connectivity index (χ2n) is 4.98. The first-order valence-electron chi connectivity index (χ1n) is 6.04. The summed E-state index contributed by atoms with van der Waals surface area (Å²) in [6, 6.07) is 0.618. The molecule has 5 heteroatoms. The average molecular weight is 231 g/mol. The zero-order valence-electron chi connectivity index (χ0n) is 10.5. The molecule has 3 heterocycles. The van der Waals surface area contributed by atoms with Crippen molar-refractivity contribution in [3.05, 3.63) is 18.1 Å². The molecule has 0 unspecified atom stereocenters. The number of aryl methyl sites for hydroxylation is 1. The van der Waals surface area contributed by atoms with E-state index in [9.17, 15) is 0 Å². The molecule has 1 aliphatic rings. The van der Waals surface area contributed by atoms with Gasteiger partial charge in [-0.2, -0.15) is 5.10 Å². The lowest BCUT2D eigenvalue weighted by atomic mass is 9.94. The fourth-order valence-electron chi connectivity index (χ4n) is 2.39. The van der Waals surface area contributed by atoms with E-state index in [4.69, 9.17) is 0 Å². The van der Waals surface area contributed by atoms with Crippen molar-refractivity contribution in [1.29, 1.82) is 0 Å². The molecular formula is C12H17N5. The minimum absolute atomic E-state index is 0.512. The minimum Gasteiger partial charge on any atom is -0.300 e. The van der Waals surface area contributed by atoms with Crippen molar-refractivity contribution in [2.24, 2.45) is 7.05 Å². The van der Waals surface area contributed by atoms with E-state index in [0.717, 1.165) is 29.9 Å². The predicted octanol–water partition coefficient (Wildman–Crippen LogP) is 1.17. The van der Waals surface area contributed by atoms with Crippen molar-refractivity contribution in [3.63, 3.8) is 0 Å². The van der Waals surface area contributed by atoms with Gasteiger partial charge < -0.3 is 0 Å². The number of nitrogens with zero attached hydrogens (tertiary/aromatic N) is 5. The molecule has 1 saturated heterocycles. The Morgan fingerprint density at radius 2 is 1.94 bits per heavy atom. The lowest BCUT2D eigenvalue weighted by molar-refractivity contribution is 0.108. The molecule has 3 rings (SSSR count). The maximum absolute atomic E-state index is 4.57. The van der Waals surface area contributed by atoms with Crippen LogP contribution in [0.3, 0.4) is 0 Å². The first kappa shape index (κ1) is 10.7. The van der Waals surface area contributed by atoms with Gasteiger partial charge in [0.1, 0.15) is 5.52 Å². The molecule has 0 amide bonds. The molecule has 1 aliphatic heterocycles. The van der Waals surface area contributed by atoms with Crippen molar-refractivity contribution < 1.29 is 0 Å². The van der Waals surface area contributed by atoms with E-state index in [1.165, 1.54) is 0 Å². The number of aromatic nitrogens is 4. The Morgan fingerprint density at radius 3 is 2.65 bits per heavy atom. The number of likely N-dealkylation sites (tertiary alicyclic amines) is 1. The molecule has 0 N–H and O–H groups in total. The summed E-state index contributed by atoms with van der Waals surface area (Å²) in [4.78, 5) is 11.2. The molecule has 2 aromatic heterocycles. The van der Waals surface area contributed by atoms with E-state index in [0.29, 0.717) is 12.0 Å². The molecule has 0 bridgehead atoms. The highest BCUT2D eigenvalue weighted by Crippen LogP contribution is 2.30. The van der Waals surface area contributed by atoms with Crippen LogP contribution in [0.15, 0.2) is 12.4 Å². The number of hydrogen-bond acceptors (Lipinski definition) is 4. The highest BCUT2D eigenvalue weighted by atomic mass is 15.3. The summed E-state index contributed by atoms with van der Waals surface area (Å²) in [6.45, 7) is 6.62. The normalized spacial score (nSPS) is 17.9. The van der Waals surface area contributed by atoms with Gasteiger partial charge in [0.05, 0.1) is 5.69 Å². The molecule has 0 aromatic carbocycles. The van der Waals surface area contributed by atoms with Crippen LogP contribution in [0, 0.1) is 0 Å². The monoisotopic (exact) mass is 231 g/mol. The number of hydrogen-bond donors (Lipinski definition) is 0. The van der Waals surface area contributed by atoms with E-state index in [1.807, 2.05) is 11.7 Å². The summed E-state index contributed by atoms with van der Waals surface area (Å²) in [5.41, 5.74) is 2.95. The topological polar surface area (TPSA) is 46.8 Å². The van der Waals surface area contributed by atoms with Crippen LogP contribution in [-0.2, 0) is 7.05 Å². The highest BCUT2D eigenvalue weighted by molar-refractivity contribution is 5.73. The second kappa shape index (κ2) is 3.77. The summed E-state index contributed by atoms with van der Waals surface area (Å²) in [7, 11) is 1.93. The Balaban J connectivity index is 1.92. The van der Waals surface area contributed by atoms with Crippen LogP contribution in [0.25, 0.3) is 11.2 Å². The summed E-state index contributed by atoms with van der Waals surface area (Å²) >= 11 is 0. The van der Waals surface area contributed by atoms with Gasteiger partial charge in [-0.15, -0.1) is 0 Å². The Kier molecular flexibility index (Phi) is 2.36. The van der Waals surface area contributed by atoms with Crippen LogP contribution in [0.2, 0.25) is 0 Å². The SMILES string of the molecule is CC(C)N1CC(c2nn(C)c3nccnc23)C1. The van der Waals surface area contributed by atoms with Gasteiger partial charge in [-0.05, 0) is 13.8 Å². The van der Waals surface area contributed by atoms with Crippen LogP contribution in [0.5, 0.6) is 0 Å². The lowest BCUT2D eigenvalue weighted by Gasteiger charge is -2.41. The molecule has 0 spiro atoms. The second-order valence-corrected chi connectivity index (χ2v) is 4.98. The third kappa shape index (κ3) is 1.61. The average Bonchev–Trinajstić information content (AvgIpc) is 2.55. The van der Waals surface area contributed by atoms with Gasteiger partial charge in [-0.3, -0.25) is 4.90 Å². The van der Waals surface area contributed by atoms with Crippen LogP contribution in [0.4, 0.5) is 0 Å². The quantitative estimate of drug-likeness (QED) is 0.778. The molecule has 0 aliphatic carbocycles. The van der Waals surface area contributed by atoms with Crippen molar-refractivity contribution in [2.75, 3.05) is 13.1 Å². The van der Waals surface area contributed by atoms with Gasteiger partial charge in [-0.25, -0.2) is 14.6 Å². The van der Waals surface area contributed by atoms with Crippen molar-refractivity contribution in [1.82, 2.24) is 24.6 Å². The third-order valence-corrected chi connectivity index (χ3v) is 3.51. The lowest BCUT2D eigenvalue weighted by Crippen LogP contribution is -2.48. The molecular weight excluding hydrogens is 214 g/mol. The van der Waals surface area contributed by atoms with Gasteiger partial charge in [0, 0.05) is 44.5 Å². The fourth-order valence-corrected chi connectivity index (χ4v) is 2.39. The summed E-state index contributed by atoms with van der Waals surface area (Å²) in [5, 5.41) is 4.57. The standard InChI is InChI=1S/C12H17N5/c1-8(2)17-6-9(7-17)10-11-12(16(3)15-10)14-5-4-13-11/h4-5,8-9H,6-7H2,1-3H3. The van der Waals surface area contributed by atoms with Gasteiger partial charge in [0.15, 0.2) is 5.65 Å². The molecule has 2 aromatic rings. The van der Waals surface area contributed by atoms with Crippen molar-refractivity contribution in [3.8, 4) is 0 Å². The molecule has 5 nitrogen and oxygen atoms in total. The largest absolute Gasteiger partial charge is 0.300 e. The first-order chi connectivity index (χ1) is 8.16. The molecule has 1 fully saturated rings. The fraction of sp³-hybridized carbons (Fsp3) is 0.583. The molecule has 0 radical (unpaired) electrons. The van der Waals surface area contributed by atoms with E-state index >= 15 is 0 Å². The predicted molar refractivity (Wildman–Crippen MR) is 65.8 cm³/mol. The molecule has 0 atom stereocenters. The van der Waals surface area contributed by atoms with Crippen molar-refractivity contribution >= 4 is 11.2 Å². The summed E-state index contributed by atoms with van der Waals surface area (Å²) in [6.07, 6.45) is 3.46. The summed E-state index contributed by atoms with van der Waals surface area (Å²) < 4.78 is 1.83. The Bertz CT molecular complexity index is 539. The van der Waals surface area contributed by atoms with Crippen LogP contribution >= 0.6 is 0 Å². The zero-order chi connectivity index (χ0) is 12.0. The molecule has 90 valence electrons. The van der Waals surface area contributed by atoms with Crippen LogP contribution < -0.4 is 0 Å². The zero-order valence-corrected chi connectivity index (χ0v) is 10.5. The van der Waals surface area contributed by atoms with E-state index < -0.39 is 0 Å². The van der Waals surface area contributed by atoms with Crippen LogP contribution in [-0.4, -0.2) is 43.8 Å². The van der Waals surface area contributed by atoms with Crippen molar-refractivity contribution in [2.45, 2.75) is 25.8 Å². The first-order valence-corrected chi connectivity index (χ1v) is 6.04. The third-order valence-electron chi connectivity index (χ3n) is 3.51. The van der Waals surface area contributed by atoms with E-state index in [-0.39, 0.29) is 0 Å². The van der Waals surface area contributed by atoms with Gasteiger partial charge in [0.2, 0.25) is 0 Å². The minimum atomic E-state index is 0.512. The summed E-state index contributed by atoms with van der Waals surface area (Å²) in [5.74, 6) is 0.512. The maximum Gasteiger partial charge on any atom is 0.176 e. The Hall–Kier alpha value is -1.49. The van der Waals surface area contributed by atoms with Gasteiger partial charge in [0.25, 0.3) is 0 Å². The van der Waals surface area contributed by atoms with Crippen LogP contribution in [0.1, 0.15) is 25.5 Å². The van der Waals surface area contributed by atoms with Gasteiger partial charge in [-0.1, -0.05) is 0 Å². The number of rotatable bonds is 2. The molecule has 0 saturated carbocycles.